The summed E-state index contributed by atoms with van der Waals surface area (Å²) in [5, 5.41) is 0. The normalized spacial score (nSPS) is 10.4. The number of hydrogen-bond acceptors (Lipinski definition) is 1. The van der Waals surface area contributed by atoms with Gasteiger partial charge in [0.15, 0.2) is 0 Å². The molecule has 15 heavy (non-hydrogen) atoms. The molecule has 0 atom stereocenters. The predicted octanol–water partition coefficient (Wildman–Crippen LogP) is 2.77. The molecule has 1 aromatic heterocycles. The van der Waals surface area contributed by atoms with Crippen LogP contribution in [0.4, 0.5) is 0 Å². The Morgan fingerprint density at radius 1 is 1.00 bits per heavy atom. The van der Waals surface area contributed by atoms with Crippen LogP contribution in [0.25, 0.3) is 0 Å². The third-order valence-corrected chi connectivity index (χ3v) is 2.29. The molecule has 0 bridgehead atoms. The highest BCUT2D eigenvalue weighted by molar-refractivity contribution is 5.13. The van der Waals surface area contributed by atoms with Crippen LogP contribution in [0.3, 0.4) is 0 Å². The summed E-state index contributed by atoms with van der Waals surface area (Å²) in [5.74, 6) is 0. The van der Waals surface area contributed by atoms with Gasteiger partial charge in [0.25, 0.3) is 0 Å². The molecule has 2 nitrogen and oxygen atoms in total. The van der Waals surface area contributed by atoms with Gasteiger partial charge in [0, 0.05) is 18.3 Å². The van der Waals surface area contributed by atoms with Gasteiger partial charge in [-0.25, -0.2) is 0 Å². The molecular weight excluding hydrogens is 186 g/mol. The Bertz CT molecular complexity index is 367. The number of aromatic amines is 1. The average molecular weight is 201 g/mol. The largest absolute Gasteiger partial charge is 0.376 e. The van der Waals surface area contributed by atoms with Crippen LogP contribution < -0.4 is 0 Å². The van der Waals surface area contributed by atoms with Crippen molar-refractivity contribution in [3.05, 3.63) is 59.9 Å². The Morgan fingerprint density at radius 3 is 2.60 bits per heavy atom. The Balaban J connectivity index is 1.68. The fourth-order valence-corrected chi connectivity index (χ4v) is 1.47. The van der Waals surface area contributed by atoms with E-state index in [2.05, 4.69) is 23.2 Å². The minimum Gasteiger partial charge on any atom is -0.376 e. The lowest BCUT2D eigenvalue weighted by Gasteiger charge is -2.03. The third kappa shape index (κ3) is 3.26. The van der Waals surface area contributed by atoms with E-state index in [0.29, 0.717) is 6.61 Å². The fraction of sp³-hybridized carbons (Fsp3) is 0.231. The van der Waals surface area contributed by atoms with E-state index in [0.717, 1.165) is 13.0 Å². The van der Waals surface area contributed by atoms with E-state index in [1.165, 1.54) is 11.3 Å². The van der Waals surface area contributed by atoms with E-state index in [1.807, 2.05) is 30.5 Å². The number of rotatable bonds is 5. The Labute approximate surface area is 89.9 Å². The van der Waals surface area contributed by atoms with E-state index < -0.39 is 0 Å². The molecule has 0 fully saturated rings. The van der Waals surface area contributed by atoms with E-state index in [9.17, 15) is 0 Å². The second-order valence-electron chi connectivity index (χ2n) is 3.48. The number of benzene rings is 1. The van der Waals surface area contributed by atoms with Gasteiger partial charge in [-0.05, 0) is 17.7 Å². The van der Waals surface area contributed by atoms with Crippen molar-refractivity contribution < 1.29 is 4.74 Å². The number of aromatic nitrogens is 1. The van der Waals surface area contributed by atoms with Crippen molar-refractivity contribution in [3.63, 3.8) is 0 Å². The van der Waals surface area contributed by atoms with Gasteiger partial charge in [0.1, 0.15) is 0 Å². The van der Waals surface area contributed by atoms with Gasteiger partial charge in [0.05, 0.1) is 13.2 Å². The number of nitrogens with one attached hydrogen (secondary N) is 1. The number of hydrogen-bond donors (Lipinski definition) is 1. The van der Waals surface area contributed by atoms with Crippen LogP contribution in [-0.2, 0) is 17.8 Å². The second kappa shape index (κ2) is 5.37. The predicted molar refractivity (Wildman–Crippen MR) is 60.6 cm³/mol. The van der Waals surface area contributed by atoms with Gasteiger partial charge in [-0.2, -0.15) is 0 Å². The van der Waals surface area contributed by atoms with Crippen molar-refractivity contribution in [3.8, 4) is 0 Å². The van der Waals surface area contributed by atoms with Crippen LogP contribution in [0.15, 0.2) is 48.7 Å². The first-order chi connectivity index (χ1) is 7.45. The standard InChI is InChI=1S/C13H15NO/c1-2-5-12(6-3-1)11-15-10-8-13-7-4-9-14-13/h1-7,9,14H,8,10-11H2. The van der Waals surface area contributed by atoms with Crippen LogP contribution in [0.2, 0.25) is 0 Å². The lowest BCUT2D eigenvalue weighted by molar-refractivity contribution is 0.123. The maximum atomic E-state index is 5.57. The van der Waals surface area contributed by atoms with Gasteiger partial charge in [-0.1, -0.05) is 30.3 Å². The first kappa shape index (κ1) is 9.99. The van der Waals surface area contributed by atoms with Crippen LogP contribution in [0, 0.1) is 0 Å². The summed E-state index contributed by atoms with van der Waals surface area (Å²) in [6.45, 7) is 1.46. The molecule has 0 aliphatic rings. The maximum absolute atomic E-state index is 5.57. The van der Waals surface area contributed by atoms with Gasteiger partial charge in [0.2, 0.25) is 0 Å². The molecule has 1 aromatic carbocycles. The molecule has 78 valence electrons. The van der Waals surface area contributed by atoms with Crippen LogP contribution in [0.5, 0.6) is 0 Å². The summed E-state index contributed by atoms with van der Waals surface area (Å²) in [6, 6.07) is 14.3. The highest BCUT2D eigenvalue weighted by Crippen LogP contribution is 2.02. The highest BCUT2D eigenvalue weighted by atomic mass is 16.5. The zero-order chi connectivity index (χ0) is 10.3. The minimum absolute atomic E-state index is 0.696. The molecule has 0 aliphatic carbocycles. The monoisotopic (exact) mass is 201 g/mol. The molecule has 1 N–H and O–H groups in total. The van der Waals surface area contributed by atoms with E-state index in [4.69, 9.17) is 4.74 Å². The van der Waals surface area contributed by atoms with Crippen molar-refractivity contribution >= 4 is 0 Å². The highest BCUT2D eigenvalue weighted by Gasteiger charge is 1.94. The van der Waals surface area contributed by atoms with Gasteiger partial charge >= 0.3 is 0 Å². The van der Waals surface area contributed by atoms with E-state index in [-0.39, 0.29) is 0 Å². The summed E-state index contributed by atoms with van der Waals surface area (Å²) in [6.07, 6.45) is 2.88. The lowest BCUT2D eigenvalue weighted by atomic mass is 10.2. The topological polar surface area (TPSA) is 25.0 Å². The molecule has 0 spiro atoms. The van der Waals surface area contributed by atoms with Crippen LogP contribution >= 0.6 is 0 Å². The van der Waals surface area contributed by atoms with Gasteiger partial charge < -0.3 is 9.72 Å². The summed E-state index contributed by atoms with van der Waals surface area (Å²) < 4.78 is 5.57. The smallest absolute Gasteiger partial charge is 0.0717 e. The zero-order valence-electron chi connectivity index (χ0n) is 8.65. The Hall–Kier alpha value is -1.54. The van der Waals surface area contributed by atoms with E-state index >= 15 is 0 Å². The maximum Gasteiger partial charge on any atom is 0.0717 e. The Morgan fingerprint density at radius 2 is 1.87 bits per heavy atom. The second-order valence-corrected chi connectivity index (χ2v) is 3.48. The summed E-state index contributed by atoms with van der Waals surface area (Å²) in [4.78, 5) is 3.16. The molecule has 0 unspecified atom stereocenters. The molecule has 0 amide bonds. The SMILES string of the molecule is c1ccc(COCCc2ccc[nH]2)cc1. The van der Waals surface area contributed by atoms with E-state index in [1.54, 1.807) is 0 Å². The number of ether oxygens (including phenoxy) is 1. The molecule has 0 saturated carbocycles. The summed E-state index contributed by atoms with van der Waals surface area (Å²) in [5.41, 5.74) is 2.45. The molecule has 2 heteroatoms. The lowest BCUT2D eigenvalue weighted by Crippen LogP contribution is -1.99. The van der Waals surface area contributed by atoms with Crippen molar-refractivity contribution in [2.75, 3.05) is 6.61 Å². The molecule has 2 aromatic rings. The summed E-state index contributed by atoms with van der Waals surface area (Å²) >= 11 is 0. The average Bonchev–Trinajstić information content (AvgIpc) is 2.79. The first-order valence-electron chi connectivity index (χ1n) is 5.19. The zero-order valence-corrected chi connectivity index (χ0v) is 8.65. The van der Waals surface area contributed by atoms with Crippen LogP contribution in [0.1, 0.15) is 11.3 Å². The fourth-order valence-electron chi connectivity index (χ4n) is 1.47. The van der Waals surface area contributed by atoms with Crippen molar-refractivity contribution in [1.82, 2.24) is 4.98 Å². The van der Waals surface area contributed by atoms with Crippen molar-refractivity contribution in [2.24, 2.45) is 0 Å². The summed E-state index contributed by atoms with van der Waals surface area (Å²) in [7, 11) is 0. The third-order valence-electron chi connectivity index (χ3n) is 2.29. The molecule has 0 radical (unpaired) electrons. The molecule has 0 aliphatic heterocycles. The van der Waals surface area contributed by atoms with Crippen molar-refractivity contribution in [2.45, 2.75) is 13.0 Å². The molecular formula is C13H15NO. The molecule has 2 rings (SSSR count). The first-order valence-corrected chi connectivity index (χ1v) is 5.19. The minimum atomic E-state index is 0.696. The van der Waals surface area contributed by atoms with Gasteiger partial charge in [-0.3, -0.25) is 0 Å². The quantitative estimate of drug-likeness (QED) is 0.739. The van der Waals surface area contributed by atoms with Crippen LogP contribution in [-0.4, -0.2) is 11.6 Å². The van der Waals surface area contributed by atoms with Gasteiger partial charge in [-0.15, -0.1) is 0 Å². The molecule has 1 heterocycles. The number of H-pyrrole nitrogens is 1. The Kier molecular flexibility index (Phi) is 3.58. The molecule has 0 saturated heterocycles. The van der Waals surface area contributed by atoms with Crippen molar-refractivity contribution in [1.29, 1.82) is 0 Å².